The predicted octanol–water partition coefficient (Wildman–Crippen LogP) is 1.96. The van der Waals surface area contributed by atoms with E-state index in [1.807, 2.05) is 13.8 Å². The maximum atomic E-state index is 11.5. The molecule has 0 spiro atoms. The lowest BCUT2D eigenvalue weighted by Gasteiger charge is -2.10. The van der Waals surface area contributed by atoms with Gasteiger partial charge >= 0.3 is 0 Å². The summed E-state index contributed by atoms with van der Waals surface area (Å²) in [6, 6.07) is 0. The topological polar surface area (TPSA) is 78.4 Å². The van der Waals surface area contributed by atoms with Gasteiger partial charge in [0, 0.05) is 31.4 Å². The third-order valence-electron chi connectivity index (χ3n) is 2.92. The molecule has 0 radical (unpaired) electrons. The number of nitrogens with zero attached hydrogens (tertiary/aromatic N) is 2. The maximum Gasteiger partial charge on any atom is 0.221 e. The second-order valence-electron chi connectivity index (χ2n) is 4.70. The molecule has 6 nitrogen and oxygen atoms in total. The van der Waals surface area contributed by atoms with Crippen molar-refractivity contribution in [1.82, 2.24) is 20.9 Å². The molecular formula is C14H26IN5OS. The Morgan fingerprint density at radius 1 is 1.23 bits per heavy atom. The fourth-order valence-corrected chi connectivity index (χ4v) is 2.52. The Kier molecular flexibility index (Phi) is 11.2. The lowest BCUT2D eigenvalue weighted by Crippen LogP contribution is -2.39. The Balaban J connectivity index is 0.00000441. The van der Waals surface area contributed by atoms with Gasteiger partial charge in [0.25, 0.3) is 0 Å². The van der Waals surface area contributed by atoms with Gasteiger partial charge in [-0.15, -0.1) is 35.3 Å². The summed E-state index contributed by atoms with van der Waals surface area (Å²) in [6.45, 7) is 8.04. The molecule has 0 saturated carbocycles. The Labute approximate surface area is 153 Å². The average molecular weight is 439 g/mol. The van der Waals surface area contributed by atoms with Crippen LogP contribution >= 0.6 is 35.3 Å². The van der Waals surface area contributed by atoms with Crippen molar-refractivity contribution in [3.05, 3.63) is 15.6 Å². The molecule has 0 saturated heterocycles. The fourth-order valence-electron chi connectivity index (χ4n) is 1.64. The van der Waals surface area contributed by atoms with Gasteiger partial charge in [-0.1, -0.05) is 6.92 Å². The highest BCUT2D eigenvalue weighted by atomic mass is 127. The summed E-state index contributed by atoms with van der Waals surface area (Å²) < 4.78 is 0. The molecule has 0 aliphatic carbocycles. The minimum Gasteiger partial charge on any atom is -0.356 e. The molecule has 1 rings (SSSR count). The largest absolute Gasteiger partial charge is 0.356 e. The lowest BCUT2D eigenvalue weighted by molar-refractivity contribution is -0.120. The number of carbonyl (C=O) groups is 1. The predicted molar refractivity (Wildman–Crippen MR) is 103 cm³/mol. The molecule has 3 N–H and O–H groups in total. The molecule has 22 heavy (non-hydrogen) atoms. The summed E-state index contributed by atoms with van der Waals surface area (Å²) in [5.41, 5.74) is 1.08. The highest BCUT2D eigenvalue weighted by Gasteiger charge is 2.05. The molecule has 0 bridgehead atoms. The van der Waals surface area contributed by atoms with Crippen molar-refractivity contribution < 1.29 is 4.79 Å². The monoisotopic (exact) mass is 439 g/mol. The molecule has 0 aliphatic rings. The van der Waals surface area contributed by atoms with E-state index in [9.17, 15) is 4.79 Å². The minimum atomic E-state index is 0. The number of hydrogen-bond acceptors (Lipinski definition) is 4. The molecule has 8 heteroatoms. The van der Waals surface area contributed by atoms with Crippen molar-refractivity contribution in [3.8, 4) is 0 Å². The summed E-state index contributed by atoms with van der Waals surface area (Å²) in [5, 5.41) is 10.2. The number of aryl methyl sites for hydroxylation is 2. The van der Waals surface area contributed by atoms with Gasteiger partial charge < -0.3 is 16.0 Å². The van der Waals surface area contributed by atoms with Crippen molar-refractivity contribution in [2.75, 3.05) is 20.1 Å². The number of hydrogen-bond donors (Lipinski definition) is 3. The first kappa shape index (κ1) is 21.1. The third-order valence-corrected chi connectivity index (χ3v) is 3.99. The molecule has 0 fully saturated rings. The molecular weight excluding hydrogens is 413 g/mol. The van der Waals surface area contributed by atoms with E-state index in [0.717, 1.165) is 23.7 Å². The maximum absolute atomic E-state index is 11.5. The zero-order chi connectivity index (χ0) is 15.7. The van der Waals surface area contributed by atoms with Crippen LogP contribution in [0.15, 0.2) is 4.99 Å². The molecule has 1 amide bonds. The average Bonchev–Trinajstić information content (AvgIpc) is 2.79. The number of halogens is 1. The van der Waals surface area contributed by atoms with Crippen molar-refractivity contribution in [2.24, 2.45) is 4.99 Å². The van der Waals surface area contributed by atoms with Crippen LogP contribution in [-0.2, 0) is 11.3 Å². The summed E-state index contributed by atoms with van der Waals surface area (Å²) in [5.74, 6) is 0.745. The van der Waals surface area contributed by atoms with E-state index in [-0.39, 0.29) is 29.9 Å². The molecule has 0 aromatic carbocycles. The molecule has 0 aliphatic heterocycles. The van der Waals surface area contributed by atoms with Gasteiger partial charge in [-0.25, -0.2) is 4.98 Å². The molecule has 0 atom stereocenters. The Hall–Kier alpha value is -0.900. The number of nitrogens with one attached hydrogen (secondary N) is 3. The number of rotatable bonds is 7. The highest BCUT2D eigenvalue weighted by Crippen LogP contribution is 2.15. The van der Waals surface area contributed by atoms with E-state index in [2.05, 4.69) is 32.9 Å². The van der Waals surface area contributed by atoms with Crippen molar-refractivity contribution >= 4 is 47.2 Å². The number of guanidine groups is 1. The molecule has 0 unspecified atom stereocenters. The van der Waals surface area contributed by atoms with Crippen LogP contribution in [0.5, 0.6) is 0 Å². The van der Waals surface area contributed by atoms with Crippen LogP contribution in [-0.4, -0.2) is 37.0 Å². The van der Waals surface area contributed by atoms with Crippen molar-refractivity contribution in [1.29, 1.82) is 0 Å². The summed E-state index contributed by atoms with van der Waals surface area (Å²) in [4.78, 5) is 21.3. The van der Waals surface area contributed by atoms with Crippen molar-refractivity contribution in [3.63, 3.8) is 0 Å². The van der Waals surface area contributed by atoms with Gasteiger partial charge in [-0.2, -0.15) is 0 Å². The summed E-state index contributed by atoms with van der Waals surface area (Å²) in [6.07, 6.45) is 1.39. The first-order valence-electron chi connectivity index (χ1n) is 7.21. The molecule has 126 valence electrons. The minimum absolute atomic E-state index is 0. The van der Waals surface area contributed by atoms with E-state index >= 15 is 0 Å². The fraction of sp³-hybridized carbons (Fsp3) is 0.643. The number of carbonyl (C=O) groups excluding carboxylic acids is 1. The van der Waals surface area contributed by atoms with Gasteiger partial charge in [-0.05, 0) is 20.3 Å². The van der Waals surface area contributed by atoms with Crippen LogP contribution in [0.3, 0.4) is 0 Å². The van der Waals surface area contributed by atoms with Gasteiger partial charge in [0.2, 0.25) is 5.91 Å². The van der Waals surface area contributed by atoms with Crippen LogP contribution in [0.1, 0.15) is 35.3 Å². The number of aliphatic imine (C=N–C) groups is 1. The SMILES string of the molecule is CCCNC(=O)CCNC(=NC)NCc1nc(C)c(C)s1.I. The lowest BCUT2D eigenvalue weighted by atomic mass is 10.4. The number of amides is 1. The molecule has 1 aromatic rings. The van der Waals surface area contributed by atoms with Gasteiger partial charge in [0.15, 0.2) is 5.96 Å². The van der Waals surface area contributed by atoms with Crippen LogP contribution in [0, 0.1) is 13.8 Å². The van der Waals surface area contributed by atoms with E-state index < -0.39 is 0 Å². The Bertz CT molecular complexity index is 470. The van der Waals surface area contributed by atoms with E-state index in [1.54, 1.807) is 18.4 Å². The Morgan fingerprint density at radius 3 is 2.50 bits per heavy atom. The van der Waals surface area contributed by atoms with Crippen LogP contribution in [0.2, 0.25) is 0 Å². The zero-order valence-electron chi connectivity index (χ0n) is 13.7. The standard InChI is InChI=1S/C14H25N5OS.HI/c1-5-7-16-12(20)6-8-17-14(15-4)18-9-13-19-10(2)11(3)21-13;/h5-9H2,1-4H3,(H,16,20)(H2,15,17,18);1H. The van der Waals surface area contributed by atoms with Crippen molar-refractivity contribution in [2.45, 2.75) is 40.2 Å². The summed E-state index contributed by atoms with van der Waals surface area (Å²) in [7, 11) is 1.71. The second-order valence-corrected chi connectivity index (χ2v) is 5.99. The van der Waals surface area contributed by atoms with Gasteiger partial charge in [0.05, 0.1) is 12.2 Å². The Morgan fingerprint density at radius 2 is 1.95 bits per heavy atom. The number of aromatic nitrogens is 1. The first-order valence-corrected chi connectivity index (χ1v) is 8.02. The normalized spacial score (nSPS) is 10.8. The zero-order valence-corrected chi connectivity index (χ0v) is 16.8. The second kappa shape index (κ2) is 11.6. The van der Waals surface area contributed by atoms with Crippen LogP contribution in [0.25, 0.3) is 0 Å². The van der Waals surface area contributed by atoms with Gasteiger partial charge in [0.1, 0.15) is 5.01 Å². The summed E-state index contributed by atoms with van der Waals surface area (Å²) >= 11 is 1.68. The van der Waals surface area contributed by atoms with Crippen LogP contribution < -0.4 is 16.0 Å². The smallest absolute Gasteiger partial charge is 0.221 e. The van der Waals surface area contributed by atoms with E-state index in [1.165, 1.54) is 4.88 Å². The van der Waals surface area contributed by atoms with Gasteiger partial charge in [-0.3, -0.25) is 9.79 Å². The third kappa shape index (κ3) is 7.92. The van der Waals surface area contributed by atoms with E-state index in [0.29, 0.717) is 25.5 Å². The quantitative estimate of drug-likeness (QED) is 0.345. The number of thiazole rings is 1. The molecule has 1 aromatic heterocycles. The van der Waals surface area contributed by atoms with E-state index in [4.69, 9.17) is 0 Å². The molecule has 1 heterocycles. The first-order chi connectivity index (χ1) is 10.1. The highest BCUT2D eigenvalue weighted by molar-refractivity contribution is 14.0. The van der Waals surface area contributed by atoms with Crippen LogP contribution in [0.4, 0.5) is 0 Å².